The topological polar surface area (TPSA) is 51.2 Å². The number of aryl methyl sites for hydroxylation is 1. The maximum absolute atomic E-state index is 11.7. The SMILES string of the molecule is CCC(C)c1ccc(OCC(=O)Nc2nc(C)cs2)cc1. The largest absolute Gasteiger partial charge is 0.484 e. The second-order valence-electron chi connectivity index (χ2n) is 5.01. The van der Waals surface area contributed by atoms with Crippen molar-refractivity contribution < 1.29 is 9.53 Å². The van der Waals surface area contributed by atoms with Crippen LogP contribution >= 0.6 is 11.3 Å². The molecule has 1 atom stereocenters. The van der Waals surface area contributed by atoms with Gasteiger partial charge in [0, 0.05) is 5.38 Å². The highest BCUT2D eigenvalue weighted by atomic mass is 32.1. The number of anilines is 1. The summed E-state index contributed by atoms with van der Waals surface area (Å²) in [6.45, 7) is 6.24. The lowest BCUT2D eigenvalue weighted by molar-refractivity contribution is -0.118. The minimum atomic E-state index is -0.199. The van der Waals surface area contributed by atoms with Crippen LogP contribution in [0.4, 0.5) is 5.13 Å². The van der Waals surface area contributed by atoms with E-state index in [0.29, 0.717) is 16.8 Å². The Labute approximate surface area is 129 Å². The van der Waals surface area contributed by atoms with Crippen molar-refractivity contribution in [1.82, 2.24) is 4.98 Å². The summed E-state index contributed by atoms with van der Waals surface area (Å²) in [4.78, 5) is 15.9. The minimum absolute atomic E-state index is 0.0126. The van der Waals surface area contributed by atoms with Gasteiger partial charge in [-0.3, -0.25) is 10.1 Å². The predicted octanol–water partition coefficient (Wildman–Crippen LogP) is 3.98. The molecule has 1 unspecified atom stereocenters. The van der Waals surface area contributed by atoms with Gasteiger partial charge in [0.2, 0.25) is 0 Å². The van der Waals surface area contributed by atoms with Gasteiger partial charge >= 0.3 is 0 Å². The average molecular weight is 304 g/mol. The molecular weight excluding hydrogens is 284 g/mol. The molecule has 21 heavy (non-hydrogen) atoms. The number of carbonyl (C=O) groups is 1. The average Bonchev–Trinajstić information content (AvgIpc) is 2.90. The normalized spacial score (nSPS) is 12.0. The molecule has 0 saturated carbocycles. The van der Waals surface area contributed by atoms with E-state index in [9.17, 15) is 4.79 Å². The van der Waals surface area contributed by atoms with Gasteiger partial charge in [-0.1, -0.05) is 26.0 Å². The molecule has 2 aromatic rings. The van der Waals surface area contributed by atoms with Gasteiger partial charge in [0.25, 0.3) is 5.91 Å². The quantitative estimate of drug-likeness (QED) is 0.878. The second-order valence-corrected chi connectivity index (χ2v) is 5.87. The number of hydrogen-bond donors (Lipinski definition) is 1. The van der Waals surface area contributed by atoms with Crippen LogP contribution in [-0.2, 0) is 4.79 Å². The van der Waals surface area contributed by atoms with Crippen LogP contribution < -0.4 is 10.1 Å². The van der Waals surface area contributed by atoms with Crippen molar-refractivity contribution in [1.29, 1.82) is 0 Å². The number of nitrogens with zero attached hydrogens (tertiary/aromatic N) is 1. The fourth-order valence-electron chi connectivity index (χ4n) is 1.84. The Morgan fingerprint density at radius 2 is 2.10 bits per heavy atom. The highest BCUT2D eigenvalue weighted by Gasteiger charge is 2.07. The number of carbonyl (C=O) groups excluding carboxylic acids is 1. The summed E-state index contributed by atoms with van der Waals surface area (Å²) in [6.07, 6.45) is 1.11. The molecule has 0 fully saturated rings. The molecule has 1 N–H and O–H groups in total. The number of aromatic nitrogens is 1. The molecule has 0 saturated heterocycles. The van der Waals surface area contributed by atoms with Crippen molar-refractivity contribution in [2.45, 2.75) is 33.1 Å². The van der Waals surface area contributed by atoms with Crippen molar-refractivity contribution >= 4 is 22.4 Å². The van der Waals surface area contributed by atoms with Gasteiger partial charge in [-0.25, -0.2) is 4.98 Å². The number of rotatable bonds is 6. The van der Waals surface area contributed by atoms with E-state index in [1.165, 1.54) is 16.9 Å². The van der Waals surface area contributed by atoms with Crippen molar-refractivity contribution in [3.63, 3.8) is 0 Å². The Kier molecular flexibility index (Phi) is 5.33. The van der Waals surface area contributed by atoms with Crippen molar-refractivity contribution in [2.24, 2.45) is 0 Å². The fraction of sp³-hybridized carbons (Fsp3) is 0.375. The summed E-state index contributed by atoms with van der Waals surface area (Å²) < 4.78 is 5.48. The number of thiazole rings is 1. The number of ether oxygens (including phenoxy) is 1. The highest BCUT2D eigenvalue weighted by Crippen LogP contribution is 2.21. The zero-order valence-corrected chi connectivity index (χ0v) is 13.4. The molecule has 1 aromatic carbocycles. The first kappa shape index (κ1) is 15.5. The van der Waals surface area contributed by atoms with E-state index in [4.69, 9.17) is 4.74 Å². The van der Waals surface area contributed by atoms with Gasteiger partial charge in [-0.2, -0.15) is 0 Å². The summed E-state index contributed by atoms with van der Waals surface area (Å²) in [5, 5.41) is 5.21. The molecule has 0 aliphatic carbocycles. The second kappa shape index (κ2) is 7.22. The molecule has 0 bridgehead atoms. The summed E-state index contributed by atoms with van der Waals surface area (Å²) >= 11 is 1.41. The molecule has 1 aromatic heterocycles. The van der Waals surface area contributed by atoms with Crippen LogP contribution in [-0.4, -0.2) is 17.5 Å². The Balaban J connectivity index is 1.83. The lowest BCUT2D eigenvalue weighted by atomic mass is 9.99. The standard InChI is InChI=1S/C16H20N2O2S/c1-4-11(2)13-5-7-14(8-6-13)20-9-15(19)18-16-17-12(3)10-21-16/h5-8,10-11H,4,9H2,1-3H3,(H,17,18,19). The summed E-state index contributed by atoms with van der Waals surface area (Å²) in [5.74, 6) is 1.04. The molecule has 0 aliphatic rings. The van der Waals surface area contributed by atoms with Crippen molar-refractivity contribution in [3.8, 4) is 5.75 Å². The molecule has 112 valence electrons. The van der Waals surface area contributed by atoms with Crippen molar-refractivity contribution in [2.75, 3.05) is 11.9 Å². The van der Waals surface area contributed by atoms with Gasteiger partial charge in [-0.05, 0) is 37.0 Å². The van der Waals surface area contributed by atoms with Crippen LogP contribution in [0.1, 0.15) is 37.4 Å². The van der Waals surface area contributed by atoms with E-state index in [1.807, 2.05) is 36.6 Å². The third-order valence-electron chi connectivity index (χ3n) is 3.30. The maximum atomic E-state index is 11.7. The van der Waals surface area contributed by atoms with E-state index < -0.39 is 0 Å². The smallest absolute Gasteiger partial charge is 0.264 e. The van der Waals surface area contributed by atoms with Crippen LogP contribution in [0, 0.1) is 6.92 Å². The summed E-state index contributed by atoms with van der Waals surface area (Å²) in [5.41, 5.74) is 2.18. The first-order valence-corrected chi connectivity index (χ1v) is 7.91. The fourth-order valence-corrected chi connectivity index (χ4v) is 2.55. The Morgan fingerprint density at radius 1 is 1.38 bits per heavy atom. The predicted molar refractivity (Wildman–Crippen MR) is 86.1 cm³/mol. The summed E-state index contributed by atoms with van der Waals surface area (Å²) in [7, 11) is 0. The monoisotopic (exact) mass is 304 g/mol. The Bertz CT molecular complexity index is 593. The maximum Gasteiger partial charge on any atom is 0.264 e. The van der Waals surface area contributed by atoms with Crippen LogP contribution in [0.25, 0.3) is 0 Å². The van der Waals surface area contributed by atoms with Crippen LogP contribution in [0.5, 0.6) is 5.75 Å². The molecular formula is C16H20N2O2S. The zero-order valence-electron chi connectivity index (χ0n) is 12.6. The number of hydrogen-bond acceptors (Lipinski definition) is 4. The molecule has 1 heterocycles. The highest BCUT2D eigenvalue weighted by molar-refractivity contribution is 7.13. The lowest BCUT2D eigenvalue weighted by Gasteiger charge is -2.10. The number of nitrogens with one attached hydrogen (secondary N) is 1. The third-order valence-corrected chi connectivity index (χ3v) is 4.17. The van der Waals surface area contributed by atoms with E-state index in [0.717, 1.165) is 12.1 Å². The minimum Gasteiger partial charge on any atom is -0.484 e. The molecule has 5 heteroatoms. The van der Waals surface area contributed by atoms with E-state index in [-0.39, 0.29) is 12.5 Å². The summed E-state index contributed by atoms with van der Waals surface area (Å²) in [6, 6.07) is 7.90. The van der Waals surface area contributed by atoms with Crippen LogP contribution in [0.2, 0.25) is 0 Å². The lowest BCUT2D eigenvalue weighted by Crippen LogP contribution is -2.20. The molecule has 0 radical (unpaired) electrons. The van der Waals surface area contributed by atoms with Crippen LogP contribution in [0.15, 0.2) is 29.6 Å². The van der Waals surface area contributed by atoms with Gasteiger partial charge in [0.15, 0.2) is 11.7 Å². The first-order chi connectivity index (χ1) is 10.1. The zero-order chi connectivity index (χ0) is 15.2. The number of amides is 1. The third kappa shape index (κ3) is 4.56. The molecule has 0 spiro atoms. The van der Waals surface area contributed by atoms with Gasteiger partial charge in [0.1, 0.15) is 5.75 Å². The van der Waals surface area contributed by atoms with Gasteiger partial charge in [0.05, 0.1) is 5.69 Å². The van der Waals surface area contributed by atoms with E-state index >= 15 is 0 Å². The molecule has 2 rings (SSSR count). The molecule has 0 aliphatic heterocycles. The number of benzene rings is 1. The molecule has 1 amide bonds. The van der Waals surface area contributed by atoms with Crippen LogP contribution in [0.3, 0.4) is 0 Å². The molecule has 4 nitrogen and oxygen atoms in total. The van der Waals surface area contributed by atoms with Gasteiger partial charge < -0.3 is 4.74 Å². The van der Waals surface area contributed by atoms with E-state index in [1.54, 1.807) is 0 Å². The Hall–Kier alpha value is -1.88. The van der Waals surface area contributed by atoms with Gasteiger partial charge in [-0.15, -0.1) is 11.3 Å². The first-order valence-electron chi connectivity index (χ1n) is 7.03. The van der Waals surface area contributed by atoms with Crippen molar-refractivity contribution in [3.05, 3.63) is 40.9 Å². The Morgan fingerprint density at radius 3 is 2.67 bits per heavy atom. The van der Waals surface area contributed by atoms with E-state index in [2.05, 4.69) is 24.1 Å².